The van der Waals surface area contributed by atoms with Crippen LogP contribution in [0.5, 0.6) is 0 Å². The third-order valence-electron chi connectivity index (χ3n) is 5.09. The summed E-state index contributed by atoms with van der Waals surface area (Å²) in [5.74, 6) is 0.535. The topological polar surface area (TPSA) is 71.2 Å². The summed E-state index contributed by atoms with van der Waals surface area (Å²) in [6, 6.07) is 8.83. The molecule has 3 heterocycles. The Bertz CT molecular complexity index is 1190. The molecule has 0 aliphatic carbocycles. The Morgan fingerprint density at radius 1 is 1.27 bits per heavy atom. The number of anilines is 1. The maximum Gasteiger partial charge on any atom is 0.352 e. The summed E-state index contributed by atoms with van der Waals surface area (Å²) in [4.78, 5) is 24.0. The van der Waals surface area contributed by atoms with Crippen LogP contribution in [-0.2, 0) is 6.54 Å². The quantitative estimate of drug-likeness (QED) is 0.605. The highest BCUT2D eigenvalue weighted by molar-refractivity contribution is 9.11. The van der Waals surface area contributed by atoms with Crippen LogP contribution in [0.3, 0.4) is 0 Å². The molecule has 0 bridgehead atoms. The van der Waals surface area contributed by atoms with Gasteiger partial charge in [0.15, 0.2) is 0 Å². The molecule has 1 N–H and O–H groups in total. The van der Waals surface area contributed by atoms with E-state index in [2.05, 4.69) is 25.9 Å². The molecule has 6 nitrogen and oxygen atoms in total. The van der Waals surface area contributed by atoms with Gasteiger partial charge in [-0.1, -0.05) is 18.2 Å². The normalized spacial score (nSPS) is 16.6. The number of aryl methyl sites for hydroxylation is 2. The summed E-state index contributed by atoms with van der Waals surface area (Å²) < 4.78 is 16.4. The average molecular weight is 491 g/mol. The van der Waals surface area contributed by atoms with Crippen molar-refractivity contribution in [2.24, 2.45) is 0 Å². The van der Waals surface area contributed by atoms with Gasteiger partial charge >= 0.3 is 5.69 Å². The van der Waals surface area contributed by atoms with E-state index in [0.29, 0.717) is 35.6 Å². The summed E-state index contributed by atoms with van der Waals surface area (Å²) in [6.45, 7) is 4.52. The van der Waals surface area contributed by atoms with E-state index < -0.39 is 6.10 Å². The number of rotatable bonds is 4. The lowest BCUT2D eigenvalue weighted by Gasteiger charge is -2.30. The number of aromatic nitrogens is 3. The highest BCUT2D eigenvalue weighted by atomic mass is 79.9. The fraction of sp³-hybridized carbons (Fsp3) is 0.286. The Labute approximate surface area is 185 Å². The number of benzene rings is 1. The van der Waals surface area contributed by atoms with Crippen LogP contribution in [0, 0.1) is 19.7 Å². The van der Waals surface area contributed by atoms with Crippen molar-refractivity contribution >= 4 is 38.8 Å². The number of nitrogens with zero attached hydrogens (tertiary/aromatic N) is 4. The number of halogens is 2. The lowest BCUT2D eigenvalue weighted by atomic mass is 9.96. The smallest absolute Gasteiger partial charge is 0.352 e. The van der Waals surface area contributed by atoms with Crippen LogP contribution >= 0.6 is 27.3 Å². The standard InChI is InChI=1S/C21H20BrFN4O2S/c1-12-3-4-14(9-17(12)23)16-7-8-26(11-18(16)28)20-24-13(2)27(21(29)25-20)10-15-5-6-19(22)30-15/h3-7,9,18,28H,8,10-11H2,1-2H3. The molecular weight excluding hydrogens is 471 g/mol. The molecule has 9 heteroatoms. The fourth-order valence-corrected chi connectivity index (χ4v) is 4.87. The van der Waals surface area contributed by atoms with Crippen molar-refractivity contribution < 1.29 is 9.50 Å². The summed E-state index contributed by atoms with van der Waals surface area (Å²) >= 11 is 4.98. The molecule has 1 atom stereocenters. The van der Waals surface area contributed by atoms with E-state index in [9.17, 15) is 14.3 Å². The molecule has 0 spiro atoms. The largest absolute Gasteiger partial charge is 0.387 e. The van der Waals surface area contributed by atoms with E-state index in [1.54, 1.807) is 42.2 Å². The third-order valence-corrected chi connectivity index (χ3v) is 6.70. The minimum absolute atomic E-state index is 0.224. The molecule has 1 aliphatic heterocycles. The molecule has 156 valence electrons. The van der Waals surface area contributed by atoms with Crippen molar-refractivity contribution in [3.05, 3.63) is 78.3 Å². The van der Waals surface area contributed by atoms with Gasteiger partial charge in [-0.25, -0.2) is 9.18 Å². The van der Waals surface area contributed by atoms with Crippen LogP contribution in [0.4, 0.5) is 10.3 Å². The molecule has 4 rings (SSSR count). The number of hydrogen-bond acceptors (Lipinski definition) is 6. The van der Waals surface area contributed by atoms with Crippen molar-refractivity contribution in [1.82, 2.24) is 14.5 Å². The van der Waals surface area contributed by atoms with Gasteiger partial charge in [0.05, 0.1) is 23.0 Å². The second-order valence-electron chi connectivity index (χ2n) is 7.19. The first-order chi connectivity index (χ1) is 14.3. The molecular formula is C21H20BrFN4O2S. The molecule has 0 radical (unpaired) electrons. The molecule has 0 saturated carbocycles. The number of aliphatic hydroxyl groups excluding tert-OH is 1. The van der Waals surface area contributed by atoms with Crippen molar-refractivity contribution in [3.63, 3.8) is 0 Å². The summed E-state index contributed by atoms with van der Waals surface area (Å²) in [7, 11) is 0. The molecule has 1 unspecified atom stereocenters. The predicted octanol–water partition coefficient (Wildman–Crippen LogP) is 3.53. The van der Waals surface area contributed by atoms with Gasteiger partial charge in [0.1, 0.15) is 11.6 Å². The van der Waals surface area contributed by atoms with Crippen LogP contribution in [0.1, 0.15) is 21.8 Å². The maximum absolute atomic E-state index is 13.9. The average Bonchev–Trinajstić information content (AvgIpc) is 3.11. The van der Waals surface area contributed by atoms with Gasteiger partial charge in [-0.05, 0) is 64.7 Å². The summed E-state index contributed by atoms with van der Waals surface area (Å²) in [5, 5.41) is 10.6. The Hall–Kier alpha value is -2.36. The summed E-state index contributed by atoms with van der Waals surface area (Å²) in [5.41, 5.74) is 1.50. The van der Waals surface area contributed by atoms with E-state index in [-0.39, 0.29) is 24.0 Å². The molecule has 1 aliphatic rings. The number of β-amino-alcohol motifs (C(OH)–C–C–N with tert-alkyl or cyclic N) is 1. The molecule has 0 saturated heterocycles. The maximum atomic E-state index is 13.9. The van der Waals surface area contributed by atoms with Gasteiger partial charge in [-0.15, -0.1) is 11.3 Å². The van der Waals surface area contributed by atoms with Crippen LogP contribution in [0.25, 0.3) is 5.57 Å². The minimum Gasteiger partial charge on any atom is -0.387 e. The highest BCUT2D eigenvalue weighted by Crippen LogP contribution is 2.26. The molecule has 30 heavy (non-hydrogen) atoms. The van der Waals surface area contributed by atoms with Crippen molar-refractivity contribution in [3.8, 4) is 0 Å². The second-order valence-corrected chi connectivity index (χ2v) is 9.74. The van der Waals surface area contributed by atoms with Crippen LogP contribution < -0.4 is 10.6 Å². The Morgan fingerprint density at radius 2 is 2.07 bits per heavy atom. The Kier molecular flexibility index (Phi) is 5.86. The fourth-order valence-electron chi connectivity index (χ4n) is 3.40. The van der Waals surface area contributed by atoms with E-state index in [4.69, 9.17) is 0 Å². The molecule has 2 aromatic heterocycles. The molecule has 3 aromatic rings. The number of aliphatic hydroxyl groups is 1. The first-order valence-corrected chi connectivity index (χ1v) is 11.0. The second kappa shape index (κ2) is 8.41. The van der Waals surface area contributed by atoms with Crippen LogP contribution in [0.2, 0.25) is 0 Å². The SMILES string of the molecule is Cc1ccc(C2=CCN(c3nc(C)n(Cc4ccc(Br)s4)c(=O)n3)CC2O)cc1F. The van der Waals surface area contributed by atoms with E-state index in [1.165, 1.54) is 10.6 Å². The van der Waals surface area contributed by atoms with Crippen LogP contribution in [-0.4, -0.2) is 38.8 Å². The zero-order valence-corrected chi connectivity index (χ0v) is 18.9. The van der Waals surface area contributed by atoms with Crippen LogP contribution in [0.15, 0.2) is 45.0 Å². The van der Waals surface area contributed by atoms with Gasteiger partial charge in [0.25, 0.3) is 0 Å². The monoisotopic (exact) mass is 490 g/mol. The zero-order valence-electron chi connectivity index (χ0n) is 16.5. The van der Waals surface area contributed by atoms with Crippen molar-refractivity contribution in [2.45, 2.75) is 26.5 Å². The van der Waals surface area contributed by atoms with E-state index >= 15 is 0 Å². The molecule has 0 amide bonds. The molecule has 1 aromatic carbocycles. The van der Waals surface area contributed by atoms with Crippen molar-refractivity contribution in [2.75, 3.05) is 18.0 Å². The minimum atomic E-state index is -0.837. The first kappa shape index (κ1) is 20.9. The highest BCUT2D eigenvalue weighted by Gasteiger charge is 2.24. The van der Waals surface area contributed by atoms with Gasteiger partial charge < -0.3 is 10.0 Å². The lowest BCUT2D eigenvalue weighted by molar-refractivity contribution is 0.233. The number of thiophene rings is 1. The van der Waals surface area contributed by atoms with E-state index in [1.807, 2.05) is 18.2 Å². The van der Waals surface area contributed by atoms with Crippen molar-refractivity contribution in [1.29, 1.82) is 0 Å². The predicted molar refractivity (Wildman–Crippen MR) is 119 cm³/mol. The van der Waals surface area contributed by atoms with Gasteiger partial charge in [-0.2, -0.15) is 9.97 Å². The number of hydrogen-bond donors (Lipinski definition) is 1. The van der Waals surface area contributed by atoms with E-state index in [0.717, 1.165) is 8.66 Å². The van der Waals surface area contributed by atoms with Gasteiger partial charge in [0, 0.05) is 11.4 Å². The molecule has 0 fully saturated rings. The zero-order chi connectivity index (χ0) is 21.4. The van der Waals surface area contributed by atoms with Gasteiger partial charge in [-0.3, -0.25) is 4.57 Å². The first-order valence-electron chi connectivity index (χ1n) is 9.41. The third kappa shape index (κ3) is 4.23. The van der Waals surface area contributed by atoms with Gasteiger partial charge in [0.2, 0.25) is 5.95 Å². The Balaban J connectivity index is 1.57. The summed E-state index contributed by atoms with van der Waals surface area (Å²) in [6.07, 6.45) is 0.988. The Morgan fingerprint density at radius 3 is 2.70 bits per heavy atom. The lowest BCUT2D eigenvalue weighted by Crippen LogP contribution is -2.40.